The number of nitrogens with two attached hydrogens (primary N) is 2. The summed E-state index contributed by atoms with van der Waals surface area (Å²) in [4.78, 5) is 11.0. The van der Waals surface area contributed by atoms with Crippen molar-refractivity contribution in [3.8, 4) is 17.6 Å². The first-order chi connectivity index (χ1) is 12.4. The Kier molecular flexibility index (Phi) is 5.97. The molecule has 26 heavy (non-hydrogen) atoms. The second-order valence-electron chi connectivity index (χ2n) is 4.98. The SMILES string of the molecule is N#Cc1ccc(O/C(N)=C(/NN)C(=O)O)cc1OCc1ccc(F)cc1. The first kappa shape index (κ1) is 18.6. The molecule has 0 atom stereocenters. The number of aliphatic carboxylic acids is 1. The number of rotatable bonds is 7. The molecule has 0 aromatic heterocycles. The Labute approximate surface area is 148 Å². The summed E-state index contributed by atoms with van der Waals surface area (Å²) in [6, 6.07) is 11.9. The molecule has 2 aromatic rings. The Morgan fingerprint density at radius 2 is 1.96 bits per heavy atom. The minimum atomic E-state index is -1.40. The summed E-state index contributed by atoms with van der Waals surface area (Å²) in [5, 5.41) is 18.1. The van der Waals surface area contributed by atoms with Gasteiger partial charge >= 0.3 is 5.97 Å². The van der Waals surface area contributed by atoms with E-state index in [4.69, 9.17) is 31.4 Å². The van der Waals surface area contributed by atoms with Crippen LogP contribution in [0.15, 0.2) is 54.0 Å². The maximum Gasteiger partial charge on any atom is 0.358 e. The molecule has 0 bridgehead atoms. The van der Waals surface area contributed by atoms with Crippen molar-refractivity contribution in [2.24, 2.45) is 11.6 Å². The Morgan fingerprint density at radius 1 is 1.27 bits per heavy atom. The molecule has 2 aromatic carbocycles. The number of carboxylic acids is 1. The highest BCUT2D eigenvalue weighted by Crippen LogP contribution is 2.26. The van der Waals surface area contributed by atoms with Crippen LogP contribution in [0.3, 0.4) is 0 Å². The molecule has 8 nitrogen and oxygen atoms in total. The van der Waals surface area contributed by atoms with E-state index < -0.39 is 17.5 Å². The highest BCUT2D eigenvalue weighted by molar-refractivity contribution is 5.86. The van der Waals surface area contributed by atoms with Crippen LogP contribution in [0.1, 0.15) is 11.1 Å². The zero-order valence-electron chi connectivity index (χ0n) is 13.4. The van der Waals surface area contributed by atoms with Gasteiger partial charge in [-0.05, 0) is 29.8 Å². The molecule has 0 aliphatic heterocycles. The normalized spacial score (nSPS) is 11.1. The lowest BCUT2D eigenvalue weighted by molar-refractivity contribution is -0.133. The Morgan fingerprint density at radius 3 is 2.54 bits per heavy atom. The lowest BCUT2D eigenvalue weighted by atomic mass is 10.2. The quantitative estimate of drug-likeness (QED) is 0.251. The minimum Gasteiger partial charge on any atom is -0.487 e. The van der Waals surface area contributed by atoms with Crippen LogP contribution < -0.4 is 26.5 Å². The Bertz CT molecular complexity index is 875. The standard InChI is InChI=1S/C17H15FN4O4/c18-12-4-1-10(2-5-12)9-25-14-7-13(6-3-11(14)8-19)26-16(20)15(22-21)17(23)24/h1-7,22H,9,20-21H2,(H,23,24)/b16-15+. The zero-order valence-corrected chi connectivity index (χ0v) is 13.4. The molecule has 0 heterocycles. The van der Waals surface area contributed by atoms with Crippen LogP contribution in [-0.2, 0) is 11.4 Å². The van der Waals surface area contributed by atoms with Gasteiger partial charge in [0.15, 0.2) is 5.70 Å². The Balaban J connectivity index is 2.21. The summed E-state index contributed by atoms with van der Waals surface area (Å²) in [6.45, 7) is 0.0917. The third kappa shape index (κ3) is 4.62. The number of carbonyl (C=O) groups is 1. The lowest BCUT2D eigenvalue weighted by Crippen LogP contribution is -2.31. The number of hydrazine groups is 1. The van der Waals surface area contributed by atoms with Crippen molar-refractivity contribution in [3.05, 3.63) is 71.0 Å². The molecule has 6 N–H and O–H groups in total. The number of hydrogen-bond donors (Lipinski definition) is 4. The topological polar surface area (TPSA) is 144 Å². The number of halogens is 1. The summed E-state index contributed by atoms with van der Waals surface area (Å²) in [5.74, 6) is 3.19. The average Bonchev–Trinajstić information content (AvgIpc) is 2.61. The number of nitrogens with zero attached hydrogens (tertiary/aromatic N) is 1. The third-order valence-electron chi connectivity index (χ3n) is 3.21. The van der Waals surface area contributed by atoms with E-state index in [1.54, 1.807) is 12.1 Å². The van der Waals surface area contributed by atoms with Gasteiger partial charge in [0.1, 0.15) is 30.0 Å². The molecule has 0 aliphatic carbocycles. The fourth-order valence-corrected chi connectivity index (χ4v) is 1.94. The van der Waals surface area contributed by atoms with Crippen molar-refractivity contribution in [2.75, 3.05) is 0 Å². The first-order valence-electron chi connectivity index (χ1n) is 7.23. The molecule has 0 aliphatic rings. The van der Waals surface area contributed by atoms with Crippen LogP contribution in [0.2, 0.25) is 0 Å². The monoisotopic (exact) mass is 358 g/mol. The molecule has 0 fully saturated rings. The summed E-state index contributed by atoms with van der Waals surface area (Å²) >= 11 is 0. The summed E-state index contributed by atoms with van der Waals surface area (Å²) in [7, 11) is 0. The van der Waals surface area contributed by atoms with E-state index in [1.165, 1.54) is 30.3 Å². The van der Waals surface area contributed by atoms with Crippen molar-refractivity contribution < 1.29 is 23.8 Å². The van der Waals surface area contributed by atoms with Crippen LogP contribution in [-0.4, -0.2) is 11.1 Å². The number of carboxylic acid groups (broad SMARTS) is 1. The predicted octanol–water partition coefficient (Wildman–Crippen LogP) is 1.33. The maximum atomic E-state index is 12.9. The van der Waals surface area contributed by atoms with E-state index in [-0.39, 0.29) is 29.5 Å². The highest BCUT2D eigenvalue weighted by atomic mass is 19.1. The van der Waals surface area contributed by atoms with Gasteiger partial charge in [0.05, 0.1) is 5.56 Å². The van der Waals surface area contributed by atoms with Crippen molar-refractivity contribution in [1.82, 2.24) is 5.43 Å². The molecule has 0 spiro atoms. The van der Waals surface area contributed by atoms with Crippen molar-refractivity contribution in [3.63, 3.8) is 0 Å². The highest BCUT2D eigenvalue weighted by Gasteiger charge is 2.14. The van der Waals surface area contributed by atoms with Gasteiger partial charge in [-0.1, -0.05) is 12.1 Å². The molecule has 0 radical (unpaired) electrons. The second-order valence-corrected chi connectivity index (χ2v) is 4.98. The third-order valence-corrected chi connectivity index (χ3v) is 3.21. The fourth-order valence-electron chi connectivity index (χ4n) is 1.94. The van der Waals surface area contributed by atoms with Crippen molar-refractivity contribution in [1.29, 1.82) is 5.26 Å². The zero-order chi connectivity index (χ0) is 19.1. The van der Waals surface area contributed by atoms with Crippen molar-refractivity contribution in [2.45, 2.75) is 6.61 Å². The number of nitrogens with one attached hydrogen (secondary N) is 1. The van der Waals surface area contributed by atoms with E-state index in [9.17, 15) is 9.18 Å². The van der Waals surface area contributed by atoms with Gasteiger partial charge < -0.3 is 25.7 Å². The van der Waals surface area contributed by atoms with Gasteiger partial charge in [0.25, 0.3) is 0 Å². The van der Waals surface area contributed by atoms with E-state index >= 15 is 0 Å². The van der Waals surface area contributed by atoms with E-state index in [0.717, 1.165) is 0 Å². The molecular formula is C17H15FN4O4. The number of benzene rings is 2. The molecule has 134 valence electrons. The van der Waals surface area contributed by atoms with Gasteiger partial charge in [-0.2, -0.15) is 5.26 Å². The second kappa shape index (κ2) is 8.36. The van der Waals surface area contributed by atoms with Crippen LogP contribution >= 0.6 is 0 Å². The van der Waals surface area contributed by atoms with Crippen LogP contribution in [0.4, 0.5) is 4.39 Å². The molecule has 0 saturated heterocycles. The molecule has 0 unspecified atom stereocenters. The van der Waals surface area contributed by atoms with E-state index in [1.807, 2.05) is 11.5 Å². The van der Waals surface area contributed by atoms with E-state index in [0.29, 0.717) is 5.56 Å². The van der Waals surface area contributed by atoms with Gasteiger partial charge in [0.2, 0.25) is 5.88 Å². The number of ether oxygens (including phenoxy) is 2. The number of nitriles is 1. The van der Waals surface area contributed by atoms with Gasteiger partial charge in [-0.15, -0.1) is 0 Å². The molecule has 0 saturated carbocycles. The average molecular weight is 358 g/mol. The fraction of sp³-hybridized carbons (Fsp3) is 0.0588. The number of hydrogen-bond acceptors (Lipinski definition) is 7. The smallest absolute Gasteiger partial charge is 0.358 e. The first-order valence-corrected chi connectivity index (χ1v) is 7.23. The molecular weight excluding hydrogens is 343 g/mol. The molecule has 9 heteroatoms. The minimum absolute atomic E-state index is 0.0917. The van der Waals surface area contributed by atoms with Crippen LogP contribution in [0.25, 0.3) is 0 Å². The summed E-state index contributed by atoms with van der Waals surface area (Å²) in [5.41, 5.74) is 7.88. The lowest BCUT2D eigenvalue weighted by Gasteiger charge is -2.12. The van der Waals surface area contributed by atoms with Gasteiger partial charge in [-0.3, -0.25) is 5.84 Å². The summed E-state index contributed by atoms with van der Waals surface area (Å²) in [6.07, 6.45) is 0. The Hall–Kier alpha value is -3.77. The van der Waals surface area contributed by atoms with Crippen molar-refractivity contribution >= 4 is 5.97 Å². The van der Waals surface area contributed by atoms with Gasteiger partial charge in [-0.25, -0.2) is 9.18 Å². The predicted molar refractivity (Wildman–Crippen MR) is 88.7 cm³/mol. The molecule has 0 amide bonds. The van der Waals surface area contributed by atoms with Crippen LogP contribution in [0, 0.1) is 17.1 Å². The van der Waals surface area contributed by atoms with Crippen LogP contribution in [0.5, 0.6) is 11.5 Å². The van der Waals surface area contributed by atoms with E-state index in [2.05, 4.69) is 0 Å². The summed E-state index contributed by atoms with van der Waals surface area (Å²) < 4.78 is 23.7. The maximum absolute atomic E-state index is 12.9. The van der Waals surface area contributed by atoms with Gasteiger partial charge in [0, 0.05) is 6.07 Å². The largest absolute Gasteiger partial charge is 0.487 e. The molecule has 2 rings (SSSR count).